The molecule has 0 aliphatic rings. The van der Waals surface area contributed by atoms with Gasteiger partial charge in [-0.2, -0.15) is 5.10 Å². The molecule has 0 unspecified atom stereocenters. The maximum Gasteiger partial charge on any atom is 0.338 e. The molecule has 0 radical (unpaired) electrons. The van der Waals surface area contributed by atoms with E-state index in [1.54, 1.807) is 42.2 Å². The van der Waals surface area contributed by atoms with Crippen LogP contribution in [0.4, 0.5) is 0 Å². The third-order valence-corrected chi connectivity index (χ3v) is 2.42. The molecule has 1 aromatic carbocycles. The van der Waals surface area contributed by atoms with Crippen LogP contribution in [0.2, 0.25) is 0 Å². The molecule has 100 valence electrons. The van der Waals surface area contributed by atoms with Gasteiger partial charge in [-0.25, -0.2) is 14.5 Å². The van der Waals surface area contributed by atoms with E-state index < -0.39 is 0 Å². The van der Waals surface area contributed by atoms with Gasteiger partial charge in [-0.05, 0) is 31.2 Å². The van der Waals surface area contributed by atoms with Gasteiger partial charge in [-0.1, -0.05) is 0 Å². The Morgan fingerprint density at radius 1 is 1.32 bits per heavy atom. The fourth-order valence-electron chi connectivity index (χ4n) is 1.51. The monoisotopic (exact) mass is 261 g/mol. The first-order valence-electron chi connectivity index (χ1n) is 6.02. The number of benzene rings is 1. The van der Waals surface area contributed by atoms with Gasteiger partial charge in [-0.15, -0.1) is 0 Å². The highest BCUT2D eigenvalue weighted by Gasteiger charge is 2.05. The van der Waals surface area contributed by atoms with Gasteiger partial charge in [0, 0.05) is 0 Å². The fourth-order valence-corrected chi connectivity index (χ4v) is 1.51. The first-order valence-corrected chi connectivity index (χ1v) is 6.02. The minimum atomic E-state index is -0.323. The van der Waals surface area contributed by atoms with Crippen molar-refractivity contribution >= 4 is 5.97 Å². The molecule has 0 saturated carbocycles. The molecule has 0 saturated heterocycles. The van der Waals surface area contributed by atoms with Crippen molar-refractivity contribution in [1.29, 1.82) is 0 Å². The van der Waals surface area contributed by atoms with Crippen LogP contribution in [0.25, 0.3) is 0 Å². The Morgan fingerprint density at radius 2 is 2.11 bits per heavy atom. The lowest BCUT2D eigenvalue weighted by Crippen LogP contribution is -2.09. The van der Waals surface area contributed by atoms with E-state index in [1.165, 1.54) is 6.33 Å². The predicted molar refractivity (Wildman–Crippen MR) is 67.9 cm³/mol. The van der Waals surface area contributed by atoms with E-state index in [4.69, 9.17) is 9.47 Å². The van der Waals surface area contributed by atoms with Crippen molar-refractivity contribution < 1.29 is 14.3 Å². The molecule has 0 N–H and O–H groups in total. The highest BCUT2D eigenvalue weighted by atomic mass is 16.5. The van der Waals surface area contributed by atoms with Crippen LogP contribution in [0.15, 0.2) is 36.9 Å². The molecule has 2 rings (SSSR count). The minimum absolute atomic E-state index is 0.323. The van der Waals surface area contributed by atoms with Crippen LogP contribution in [-0.4, -0.2) is 33.9 Å². The third-order valence-electron chi connectivity index (χ3n) is 2.42. The van der Waals surface area contributed by atoms with Crippen molar-refractivity contribution in [3.05, 3.63) is 42.5 Å². The summed E-state index contributed by atoms with van der Waals surface area (Å²) < 4.78 is 12.1. The summed E-state index contributed by atoms with van der Waals surface area (Å²) in [4.78, 5) is 15.3. The van der Waals surface area contributed by atoms with Crippen LogP contribution in [-0.2, 0) is 11.3 Å². The zero-order valence-corrected chi connectivity index (χ0v) is 10.7. The van der Waals surface area contributed by atoms with Crippen molar-refractivity contribution in [2.75, 3.05) is 13.2 Å². The number of hydrogen-bond acceptors (Lipinski definition) is 5. The summed E-state index contributed by atoms with van der Waals surface area (Å²) in [6.07, 6.45) is 3.11. The first kappa shape index (κ1) is 13.1. The molecule has 0 fully saturated rings. The van der Waals surface area contributed by atoms with Gasteiger partial charge in [0.05, 0.1) is 18.7 Å². The maximum atomic E-state index is 11.4. The molecule has 1 aromatic heterocycles. The zero-order chi connectivity index (χ0) is 13.5. The molecule has 0 aliphatic heterocycles. The van der Waals surface area contributed by atoms with Crippen LogP contribution in [0, 0.1) is 0 Å². The van der Waals surface area contributed by atoms with Crippen molar-refractivity contribution in [3.63, 3.8) is 0 Å². The molecule has 0 atom stereocenters. The van der Waals surface area contributed by atoms with E-state index in [2.05, 4.69) is 10.1 Å². The second kappa shape index (κ2) is 6.53. The third kappa shape index (κ3) is 3.80. The molecule has 0 aliphatic carbocycles. The van der Waals surface area contributed by atoms with E-state index >= 15 is 0 Å². The number of esters is 1. The lowest BCUT2D eigenvalue weighted by atomic mass is 10.2. The van der Waals surface area contributed by atoms with E-state index in [0.29, 0.717) is 31.1 Å². The molecule has 0 bridgehead atoms. The van der Waals surface area contributed by atoms with Gasteiger partial charge in [0.25, 0.3) is 0 Å². The summed E-state index contributed by atoms with van der Waals surface area (Å²) >= 11 is 0. The first-order chi connectivity index (χ1) is 9.29. The Balaban J connectivity index is 1.83. The summed E-state index contributed by atoms with van der Waals surface area (Å²) in [5, 5.41) is 3.97. The SMILES string of the molecule is CCOC(=O)c1ccc(OCCn2cncn2)cc1. The Hall–Kier alpha value is -2.37. The van der Waals surface area contributed by atoms with Crippen LogP contribution < -0.4 is 4.74 Å². The van der Waals surface area contributed by atoms with E-state index in [-0.39, 0.29) is 5.97 Å². The summed E-state index contributed by atoms with van der Waals surface area (Å²) in [6, 6.07) is 6.85. The molecule has 19 heavy (non-hydrogen) atoms. The molecular weight excluding hydrogens is 246 g/mol. The van der Waals surface area contributed by atoms with Crippen molar-refractivity contribution in [1.82, 2.24) is 14.8 Å². The summed E-state index contributed by atoms with van der Waals surface area (Å²) in [5.41, 5.74) is 0.519. The van der Waals surface area contributed by atoms with E-state index in [9.17, 15) is 4.79 Å². The summed E-state index contributed by atoms with van der Waals surface area (Å²) in [5.74, 6) is 0.379. The Bertz CT molecular complexity index is 508. The minimum Gasteiger partial charge on any atom is -0.492 e. The number of nitrogens with zero attached hydrogens (tertiary/aromatic N) is 3. The van der Waals surface area contributed by atoms with Crippen LogP contribution >= 0.6 is 0 Å². The van der Waals surface area contributed by atoms with Crippen molar-refractivity contribution in [3.8, 4) is 5.75 Å². The van der Waals surface area contributed by atoms with Gasteiger partial charge in [0.15, 0.2) is 0 Å². The number of ether oxygens (including phenoxy) is 2. The van der Waals surface area contributed by atoms with Crippen LogP contribution in [0.1, 0.15) is 17.3 Å². The zero-order valence-electron chi connectivity index (χ0n) is 10.7. The standard InChI is InChI=1S/C13H15N3O3/c1-2-18-13(17)11-3-5-12(6-4-11)19-8-7-16-10-14-9-15-16/h3-6,9-10H,2,7-8H2,1H3. The van der Waals surface area contributed by atoms with Gasteiger partial charge < -0.3 is 9.47 Å². The largest absolute Gasteiger partial charge is 0.492 e. The molecule has 6 heteroatoms. The molecule has 0 spiro atoms. The van der Waals surface area contributed by atoms with Gasteiger partial charge >= 0.3 is 5.97 Å². The lowest BCUT2D eigenvalue weighted by Gasteiger charge is -2.07. The molecule has 6 nitrogen and oxygen atoms in total. The molecule has 2 aromatic rings. The topological polar surface area (TPSA) is 66.2 Å². The number of hydrogen-bond donors (Lipinski definition) is 0. The highest BCUT2D eigenvalue weighted by Crippen LogP contribution is 2.13. The predicted octanol–water partition coefficient (Wildman–Crippen LogP) is 1.53. The fraction of sp³-hybridized carbons (Fsp3) is 0.308. The summed E-state index contributed by atoms with van der Waals surface area (Å²) in [7, 11) is 0. The second-order valence-electron chi connectivity index (χ2n) is 3.75. The van der Waals surface area contributed by atoms with E-state index in [1.807, 2.05) is 0 Å². The summed E-state index contributed by atoms with van der Waals surface area (Å²) in [6.45, 7) is 3.26. The van der Waals surface area contributed by atoms with Crippen LogP contribution in [0.5, 0.6) is 5.75 Å². The Morgan fingerprint density at radius 3 is 2.74 bits per heavy atom. The molecule has 1 heterocycles. The quantitative estimate of drug-likeness (QED) is 0.738. The van der Waals surface area contributed by atoms with E-state index in [0.717, 1.165) is 0 Å². The second-order valence-corrected chi connectivity index (χ2v) is 3.75. The Labute approximate surface area is 111 Å². The average molecular weight is 261 g/mol. The van der Waals surface area contributed by atoms with Gasteiger partial charge in [-0.3, -0.25) is 0 Å². The smallest absolute Gasteiger partial charge is 0.338 e. The lowest BCUT2D eigenvalue weighted by molar-refractivity contribution is 0.0526. The van der Waals surface area contributed by atoms with Crippen molar-refractivity contribution in [2.45, 2.75) is 13.5 Å². The molecule has 0 amide bonds. The average Bonchev–Trinajstić information content (AvgIpc) is 2.93. The van der Waals surface area contributed by atoms with Gasteiger partial charge in [0.1, 0.15) is 25.0 Å². The molecular formula is C13H15N3O3. The number of rotatable bonds is 6. The normalized spacial score (nSPS) is 10.2. The maximum absolute atomic E-state index is 11.4. The van der Waals surface area contributed by atoms with Crippen LogP contribution in [0.3, 0.4) is 0 Å². The number of carbonyl (C=O) groups is 1. The highest BCUT2D eigenvalue weighted by molar-refractivity contribution is 5.89. The van der Waals surface area contributed by atoms with Gasteiger partial charge in [0.2, 0.25) is 0 Å². The number of carbonyl (C=O) groups excluding carboxylic acids is 1. The van der Waals surface area contributed by atoms with Crippen molar-refractivity contribution in [2.24, 2.45) is 0 Å². The number of aromatic nitrogens is 3. The Kier molecular flexibility index (Phi) is 4.49.